The molecule has 1 rings (SSSR count). The lowest BCUT2D eigenvalue weighted by molar-refractivity contribution is -0.138. The van der Waals surface area contributed by atoms with Gasteiger partial charge in [0.2, 0.25) is 0 Å². The van der Waals surface area contributed by atoms with Crippen molar-refractivity contribution in [2.75, 3.05) is 0 Å². The molecule has 0 aliphatic rings. The second-order valence-electron chi connectivity index (χ2n) is 3.85. The molecule has 0 aromatic carbocycles. The van der Waals surface area contributed by atoms with Crippen LogP contribution in [-0.4, -0.2) is 23.1 Å². The molecule has 1 aromatic heterocycles. The molecule has 0 saturated carbocycles. The fraction of sp³-hybridized carbons (Fsp3) is 0.455. The van der Waals surface area contributed by atoms with Crippen LogP contribution in [0.25, 0.3) is 0 Å². The summed E-state index contributed by atoms with van der Waals surface area (Å²) < 4.78 is 5.34. The third-order valence-electron chi connectivity index (χ3n) is 2.25. The molecular weight excluding hydrogens is 224 g/mol. The Bertz CT molecular complexity index is 413. The zero-order valence-corrected chi connectivity index (χ0v) is 9.98. The van der Waals surface area contributed by atoms with E-state index in [1.165, 1.54) is 6.92 Å². The van der Waals surface area contributed by atoms with Crippen LogP contribution in [0, 0.1) is 6.92 Å². The number of carboxylic acids is 1. The third kappa shape index (κ3) is 3.82. The van der Waals surface area contributed by atoms with Crippen molar-refractivity contribution in [2.45, 2.75) is 32.9 Å². The molecule has 6 heteroatoms. The Hall–Kier alpha value is -1.98. The number of furan rings is 1. The molecule has 0 saturated heterocycles. The average molecular weight is 240 g/mol. The average Bonchev–Trinajstić information content (AvgIpc) is 2.64. The SMILES string of the molecule is Cc1ccc(C(C)NC(=O)NC(C)C(=O)O)o1. The first-order valence-corrected chi connectivity index (χ1v) is 5.26. The van der Waals surface area contributed by atoms with Crippen molar-refractivity contribution in [1.29, 1.82) is 0 Å². The quantitative estimate of drug-likeness (QED) is 0.742. The van der Waals surface area contributed by atoms with E-state index in [0.29, 0.717) is 5.76 Å². The minimum absolute atomic E-state index is 0.315. The highest BCUT2D eigenvalue weighted by Crippen LogP contribution is 2.15. The first kappa shape index (κ1) is 13.1. The molecule has 2 atom stereocenters. The molecule has 1 heterocycles. The van der Waals surface area contributed by atoms with Gasteiger partial charge in [0.25, 0.3) is 0 Å². The number of carbonyl (C=O) groups excluding carboxylic acids is 1. The molecule has 0 aliphatic carbocycles. The Balaban J connectivity index is 2.49. The first-order chi connectivity index (χ1) is 7.90. The van der Waals surface area contributed by atoms with Crippen LogP contribution in [0.15, 0.2) is 16.5 Å². The summed E-state index contributed by atoms with van der Waals surface area (Å²) in [5, 5.41) is 13.5. The Morgan fingerprint density at radius 2 is 1.94 bits per heavy atom. The van der Waals surface area contributed by atoms with E-state index in [0.717, 1.165) is 5.76 Å². The fourth-order valence-electron chi connectivity index (χ4n) is 1.25. The molecule has 0 bridgehead atoms. The Morgan fingerprint density at radius 1 is 1.29 bits per heavy atom. The molecule has 1 aromatic rings. The normalized spacial score (nSPS) is 13.8. The van der Waals surface area contributed by atoms with Crippen molar-refractivity contribution < 1.29 is 19.1 Å². The maximum Gasteiger partial charge on any atom is 0.325 e. The molecular formula is C11H16N2O4. The van der Waals surface area contributed by atoms with Crippen molar-refractivity contribution in [2.24, 2.45) is 0 Å². The highest BCUT2D eigenvalue weighted by Gasteiger charge is 2.17. The van der Waals surface area contributed by atoms with Gasteiger partial charge in [0.15, 0.2) is 0 Å². The summed E-state index contributed by atoms with van der Waals surface area (Å²) in [5.41, 5.74) is 0. The van der Waals surface area contributed by atoms with E-state index < -0.39 is 18.0 Å². The predicted molar refractivity (Wildman–Crippen MR) is 60.6 cm³/mol. The van der Waals surface area contributed by atoms with Gasteiger partial charge in [0.1, 0.15) is 17.6 Å². The summed E-state index contributed by atoms with van der Waals surface area (Å²) >= 11 is 0. The van der Waals surface area contributed by atoms with E-state index in [1.54, 1.807) is 19.1 Å². The standard InChI is InChI=1S/C11H16N2O4/c1-6-4-5-9(17-6)7(2)12-11(16)13-8(3)10(14)15/h4-5,7-8H,1-3H3,(H,14,15)(H2,12,13,16). The van der Waals surface area contributed by atoms with Gasteiger partial charge in [-0.3, -0.25) is 4.79 Å². The Labute approximate surface area is 99.0 Å². The summed E-state index contributed by atoms with van der Waals surface area (Å²) in [6.07, 6.45) is 0. The van der Waals surface area contributed by atoms with Gasteiger partial charge in [0, 0.05) is 0 Å². The van der Waals surface area contributed by atoms with E-state index in [2.05, 4.69) is 10.6 Å². The summed E-state index contributed by atoms with van der Waals surface area (Å²) in [5.74, 6) is 0.301. The van der Waals surface area contributed by atoms with Crippen LogP contribution in [0.1, 0.15) is 31.4 Å². The zero-order chi connectivity index (χ0) is 13.0. The van der Waals surface area contributed by atoms with Crippen LogP contribution in [0.4, 0.5) is 4.79 Å². The summed E-state index contributed by atoms with van der Waals surface area (Å²) in [6.45, 7) is 4.95. The Kier molecular flexibility index (Phi) is 4.14. The molecule has 94 valence electrons. The lowest BCUT2D eigenvalue weighted by Gasteiger charge is -2.14. The zero-order valence-electron chi connectivity index (χ0n) is 9.98. The first-order valence-electron chi connectivity index (χ1n) is 5.26. The molecule has 3 N–H and O–H groups in total. The number of aryl methyl sites for hydroxylation is 1. The predicted octanol–water partition coefficient (Wildman–Crippen LogP) is 1.42. The number of aliphatic carboxylic acids is 1. The number of carbonyl (C=O) groups is 2. The van der Waals surface area contributed by atoms with E-state index in [9.17, 15) is 9.59 Å². The van der Waals surface area contributed by atoms with Crippen LogP contribution >= 0.6 is 0 Å². The van der Waals surface area contributed by atoms with Crippen molar-refractivity contribution >= 4 is 12.0 Å². The number of amides is 2. The van der Waals surface area contributed by atoms with Gasteiger partial charge in [-0.15, -0.1) is 0 Å². The number of urea groups is 1. The van der Waals surface area contributed by atoms with Crippen molar-refractivity contribution in [1.82, 2.24) is 10.6 Å². The van der Waals surface area contributed by atoms with Crippen molar-refractivity contribution in [3.8, 4) is 0 Å². The van der Waals surface area contributed by atoms with E-state index in [1.807, 2.05) is 6.92 Å². The smallest absolute Gasteiger partial charge is 0.325 e. The van der Waals surface area contributed by atoms with E-state index in [-0.39, 0.29) is 6.04 Å². The third-order valence-corrected chi connectivity index (χ3v) is 2.25. The molecule has 0 fully saturated rings. The maximum atomic E-state index is 11.4. The van der Waals surface area contributed by atoms with Gasteiger partial charge in [-0.25, -0.2) is 4.79 Å². The molecule has 2 unspecified atom stereocenters. The van der Waals surface area contributed by atoms with Crippen LogP contribution in [0.3, 0.4) is 0 Å². The van der Waals surface area contributed by atoms with Crippen molar-refractivity contribution in [3.05, 3.63) is 23.7 Å². The van der Waals surface area contributed by atoms with Crippen molar-refractivity contribution in [3.63, 3.8) is 0 Å². The number of hydrogen-bond acceptors (Lipinski definition) is 3. The monoisotopic (exact) mass is 240 g/mol. The summed E-state index contributed by atoms with van der Waals surface area (Å²) in [4.78, 5) is 22.0. The minimum Gasteiger partial charge on any atom is -0.480 e. The highest BCUT2D eigenvalue weighted by molar-refractivity contribution is 5.82. The largest absolute Gasteiger partial charge is 0.480 e. The van der Waals surface area contributed by atoms with Crippen LogP contribution in [0.2, 0.25) is 0 Å². The number of rotatable bonds is 4. The van der Waals surface area contributed by atoms with Gasteiger partial charge in [-0.1, -0.05) is 0 Å². The molecule has 17 heavy (non-hydrogen) atoms. The number of nitrogens with one attached hydrogen (secondary N) is 2. The molecule has 0 spiro atoms. The van der Waals surface area contributed by atoms with Gasteiger partial charge in [-0.2, -0.15) is 0 Å². The fourth-order valence-corrected chi connectivity index (χ4v) is 1.25. The highest BCUT2D eigenvalue weighted by atomic mass is 16.4. The summed E-state index contributed by atoms with van der Waals surface area (Å²) in [6, 6.07) is 1.78. The van der Waals surface area contributed by atoms with E-state index in [4.69, 9.17) is 9.52 Å². The minimum atomic E-state index is -1.08. The lowest BCUT2D eigenvalue weighted by atomic mass is 10.2. The second kappa shape index (κ2) is 5.38. The topological polar surface area (TPSA) is 91.6 Å². The molecule has 0 aliphatic heterocycles. The van der Waals surface area contributed by atoms with Gasteiger partial charge in [-0.05, 0) is 32.9 Å². The van der Waals surface area contributed by atoms with Crippen LogP contribution in [-0.2, 0) is 4.79 Å². The Morgan fingerprint density at radius 3 is 2.41 bits per heavy atom. The number of carboxylic acid groups (broad SMARTS) is 1. The summed E-state index contributed by atoms with van der Waals surface area (Å²) in [7, 11) is 0. The lowest BCUT2D eigenvalue weighted by Crippen LogP contribution is -2.45. The van der Waals surface area contributed by atoms with E-state index >= 15 is 0 Å². The van der Waals surface area contributed by atoms with Crippen LogP contribution < -0.4 is 10.6 Å². The maximum absolute atomic E-state index is 11.4. The van der Waals surface area contributed by atoms with Gasteiger partial charge < -0.3 is 20.2 Å². The molecule has 2 amide bonds. The second-order valence-corrected chi connectivity index (χ2v) is 3.85. The van der Waals surface area contributed by atoms with Gasteiger partial charge >= 0.3 is 12.0 Å². The molecule has 0 radical (unpaired) electrons. The van der Waals surface area contributed by atoms with Gasteiger partial charge in [0.05, 0.1) is 6.04 Å². The molecule has 6 nitrogen and oxygen atoms in total. The number of hydrogen-bond donors (Lipinski definition) is 3. The van der Waals surface area contributed by atoms with Crippen LogP contribution in [0.5, 0.6) is 0 Å².